The Morgan fingerprint density at radius 1 is 0.674 bits per heavy atom. The molecule has 8 nitrogen and oxygen atoms in total. The Kier molecular flexibility index (Phi) is 11.4. The van der Waals surface area contributed by atoms with Gasteiger partial charge in [-0.2, -0.15) is 0 Å². The Morgan fingerprint density at radius 2 is 1.07 bits per heavy atom. The molecule has 43 heavy (non-hydrogen) atoms. The second-order valence-electron chi connectivity index (χ2n) is 11.1. The zero-order chi connectivity index (χ0) is 31.3. The monoisotopic (exact) mass is 654 g/mol. The summed E-state index contributed by atoms with van der Waals surface area (Å²) in [6, 6.07) is 8.74. The minimum Gasteiger partial charge on any atom is -0.325 e. The summed E-state index contributed by atoms with van der Waals surface area (Å²) in [6.45, 7) is 16.5. The zero-order valence-corrected chi connectivity index (χ0v) is 29.1. The molecule has 4 rings (SSSR count). The zero-order valence-electron chi connectivity index (χ0n) is 25.8. The molecule has 0 aliphatic heterocycles. The summed E-state index contributed by atoms with van der Waals surface area (Å²) in [5, 5.41) is 24.3. The molecule has 0 aliphatic rings. The lowest BCUT2D eigenvalue weighted by molar-refractivity contribution is -0.114. The molecule has 2 heterocycles. The molecular formula is C31H38N6O2S4. The summed E-state index contributed by atoms with van der Waals surface area (Å²) in [4.78, 5) is 25.7. The van der Waals surface area contributed by atoms with Crippen molar-refractivity contribution in [3.63, 3.8) is 0 Å². The molecule has 4 aromatic rings. The van der Waals surface area contributed by atoms with E-state index in [4.69, 9.17) is 0 Å². The Balaban J connectivity index is 1.49. The summed E-state index contributed by atoms with van der Waals surface area (Å²) < 4.78 is 1.60. The first-order chi connectivity index (χ1) is 20.4. The van der Waals surface area contributed by atoms with Gasteiger partial charge in [-0.25, -0.2) is 0 Å². The fourth-order valence-corrected chi connectivity index (χ4v) is 7.99. The van der Waals surface area contributed by atoms with Crippen LogP contribution in [0.5, 0.6) is 0 Å². The van der Waals surface area contributed by atoms with Crippen LogP contribution in [-0.2, 0) is 16.0 Å². The van der Waals surface area contributed by atoms with Crippen molar-refractivity contribution in [2.45, 2.75) is 82.3 Å². The largest absolute Gasteiger partial charge is 0.325 e. The molecule has 0 saturated carbocycles. The Labute approximate surface area is 270 Å². The SMILES string of the molecule is Cc1nnc(SCC(=O)Nc2c(C)cc(Cc3cc(C)c(NC(=O)CSc4nnc(C)s4)c(C(C)C)c3)cc2C(C)C)s1. The van der Waals surface area contributed by atoms with Crippen molar-refractivity contribution in [3.05, 3.63) is 67.7 Å². The maximum Gasteiger partial charge on any atom is 0.234 e. The van der Waals surface area contributed by atoms with Gasteiger partial charge in [0, 0.05) is 11.4 Å². The summed E-state index contributed by atoms with van der Waals surface area (Å²) in [6.07, 6.45) is 0.752. The number of aryl methyl sites for hydroxylation is 4. The van der Waals surface area contributed by atoms with Gasteiger partial charge in [-0.05, 0) is 79.3 Å². The standard InChI is InChI=1S/C31H38N6O2S4/c1-16(2)24-12-22(9-18(5)28(24)32-26(38)14-40-30-36-34-20(7)42-30)11-23-10-19(6)29(25(13-23)17(3)4)33-27(39)15-41-31-37-35-21(8)43-31/h9-10,12-13,16-17H,11,14-15H2,1-8H3,(H,32,38)(H,33,39). The molecule has 0 saturated heterocycles. The fourth-order valence-electron chi connectivity index (χ4n) is 4.75. The molecule has 2 amide bonds. The van der Waals surface area contributed by atoms with Crippen LogP contribution in [0, 0.1) is 27.7 Å². The highest BCUT2D eigenvalue weighted by molar-refractivity contribution is 8.01. The number of amides is 2. The van der Waals surface area contributed by atoms with Gasteiger partial charge in [0.25, 0.3) is 0 Å². The van der Waals surface area contributed by atoms with E-state index in [1.54, 1.807) is 0 Å². The number of anilines is 2. The number of aromatic nitrogens is 4. The number of thioether (sulfide) groups is 2. The van der Waals surface area contributed by atoms with Crippen LogP contribution >= 0.6 is 46.2 Å². The molecule has 0 unspecified atom stereocenters. The molecule has 2 N–H and O–H groups in total. The van der Waals surface area contributed by atoms with Gasteiger partial charge in [0.15, 0.2) is 8.68 Å². The topological polar surface area (TPSA) is 110 Å². The van der Waals surface area contributed by atoms with E-state index in [1.807, 2.05) is 13.8 Å². The average Bonchev–Trinajstić information content (AvgIpc) is 3.55. The molecule has 228 valence electrons. The summed E-state index contributed by atoms with van der Waals surface area (Å²) in [5.41, 5.74) is 8.46. The van der Waals surface area contributed by atoms with Crippen molar-refractivity contribution in [1.29, 1.82) is 0 Å². The lowest BCUT2D eigenvalue weighted by atomic mass is 9.90. The van der Waals surface area contributed by atoms with Crippen molar-refractivity contribution in [2.24, 2.45) is 0 Å². The number of hydrogen-bond donors (Lipinski definition) is 2. The van der Waals surface area contributed by atoms with Gasteiger partial charge in [0.2, 0.25) is 11.8 Å². The van der Waals surface area contributed by atoms with Crippen LogP contribution < -0.4 is 10.6 Å². The van der Waals surface area contributed by atoms with Crippen molar-refractivity contribution in [3.8, 4) is 0 Å². The van der Waals surface area contributed by atoms with Crippen LogP contribution in [0.2, 0.25) is 0 Å². The third-order valence-corrected chi connectivity index (χ3v) is 10.6. The first kappa shape index (κ1) is 33.1. The van der Waals surface area contributed by atoms with E-state index in [9.17, 15) is 9.59 Å². The van der Waals surface area contributed by atoms with E-state index in [-0.39, 0.29) is 35.2 Å². The van der Waals surface area contributed by atoms with Crippen molar-refractivity contribution >= 4 is 69.4 Å². The van der Waals surface area contributed by atoms with Gasteiger partial charge < -0.3 is 10.6 Å². The second kappa shape index (κ2) is 14.8. The molecular weight excluding hydrogens is 617 g/mol. The lowest BCUT2D eigenvalue weighted by Crippen LogP contribution is -2.17. The van der Waals surface area contributed by atoms with Gasteiger partial charge in [0.05, 0.1) is 11.5 Å². The molecule has 2 aromatic carbocycles. The van der Waals surface area contributed by atoms with Crippen LogP contribution in [0.25, 0.3) is 0 Å². The highest BCUT2D eigenvalue weighted by Gasteiger charge is 2.18. The van der Waals surface area contributed by atoms with Crippen LogP contribution in [0.4, 0.5) is 11.4 Å². The second-order valence-corrected chi connectivity index (χ2v) is 15.9. The molecule has 0 atom stereocenters. The van der Waals surface area contributed by atoms with Gasteiger partial charge in [0.1, 0.15) is 10.0 Å². The Morgan fingerprint density at radius 3 is 1.40 bits per heavy atom. The van der Waals surface area contributed by atoms with E-state index < -0.39 is 0 Å². The van der Waals surface area contributed by atoms with E-state index in [0.717, 1.165) is 58.7 Å². The van der Waals surface area contributed by atoms with E-state index in [1.165, 1.54) is 57.3 Å². The first-order valence-electron chi connectivity index (χ1n) is 14.1. The van der Waals surface area contributed by atoms with Gasteiger partial charge >= 0.3 is 0 Å². The summed E-state index contributed by atoms with van der Waals surface area (Å²) >= 11 is 5.80. The van der Waals surface area contributed by atoms with Gasteiger partial charge in [-0.1, -0.05) is 98.2 Å². The van der Waals surface area contributed by atoms with E-state index in [2.05, 4.69) is 96.8 Å². The Hall–Kier alpha value is -2.80. The fraction of sp³-hybridized carbons (Fsp3) is 0.419. The molecule has 0 spiro atoms. The maximum absolute atomic E-state index is 12.8. The first-order valence-corrected chi connectivity index (χ1v) is 17.7. The molecule has 12 heteroatoms. The highest BCUT2D eigenvalue weighted by Crippen LogP contribution is 2.34. The number of rotatable bonds is 12. The maximum atomic E-state index is 12.8. The number of nitrogens with zero attached hydrogens (tertiary/aromatic N) is 4. The minimum atomic E-state index is -0.0535. The van der Waals surface area contributed by atoms with Crippen molar-refractivity contribution in [1.82, 2.24) is 20.4 Å². The molecule has 2 aromatic heterocycles. The minimum absolute atomic E-state index is 0.0535. The number of hydrogen-bond acceptors (Lipinski definition) is 10. The molecule has 0 bridgehead atoms. The van der Waals surface area contributed by atoms with E-state index >= 15 is 0 Å². The van der Waals surface area contributed by atoms with Crippen molar-refractivity contribution in [2.75, 3.05) is 22.1 Å². The molecule has 0 radical (unpaired) electrons. The highest BCUT2D eigenvalue weighted by atomic mass is 32.2. The third-order valence-electron chi connectivity index (χ3n) is 6.70. The average molecular weight is 655 g/mol. The quantitative estimate of drug-likeness (QED) is 0.148. The predicted octanol–water partition coefficient (Wildman–Crippen LogP) is 7.92. The van der Waals surface area contributed by atoms with Crippen molar-refractivity contribution < 1.29 is 9.59 Å². The summed E-state index contributed by atoms with van der Waals surface area (Å²) in [5.74, 6) is 0.937. The summed E-state index contributed by atoms with van der Waals surface area (Å²) in [7, 11) is 0. The van der Waals surface area contributed by atoms with E-state index in [0.29, 0.717) is 0 Å². The normalized spacial score (nSPS) is 11.4. The molecule has 0 fully saturated rings. The predicted molar refractivity (Wildman–Crippen MR) is 181 cm³/mol. The van der Waals surface area contributed by atoms with Crippen LogP contribution in [0.3, 0.4) is 0 Å². The number of nitrogens with one attached hydrogen (secondary N) is 2. The number of benzene rings is 2. The van der Waals surface area contributed by atoms with Gasteiger partial charge in [-0.15, -0.1) is 20.4 Å². The van der Waals surface area contributed by atoms with Crippen LogP contribution in [0.15, 0.2) is 32.9 Å². The lowest BCUT2D eigenvalue weighted by Gasteiger charge is -2.20. The van der Waals surface area contributed by atoms with Crippen LogP contribution in [0.1, 0.15) is 82.9 Å². The smallest absolute Gasteiger partial charge is 0.234 e. The number of carbonyl (C=O) groups excluding carboxylic acids is 2. The van der Waals surface area contributed by atoms with Crippen LogP contribution in [-0.4, -0.2) is 43.7 Å². The Bertz CT molecular complexity index is 1490. The van der Waals surface area contributed by atoms with Gasteiger partial charge in [-0.3, -0.25) is 9.59 Å². The number of carbonyl (C=O) groups is 2. The third kappa shape index (κ3) is 9.10. The molecule has 0 aliphatic carbocycles.